The molecule has 0 atom stereocenters. The highest BCUT2D eigenvalue weighted by atomic mass is 16.3. The Hall–Kier alpha value is -2.76. The van der Waals surface area contributed by atoms with E-state index < -0.39 is 0 Å². The maximum absolute atomic E-state index is 10.8. The fourth-order valence-electron chi connectivity index (χ4n) is 2.15. The van der Waals surface area contributed by atoms with Crippen LogP contribution in [0.4, 0.5) is 5.69 Å². The first-order chi connectivity index (χ1) is 9.63. The van der Waals surface area contributed by atoms with E-state index in [0.29, 0.717) is 12.2 Å². The molecule has 20 heavy (non-hydrogen) atoms. The molecule has 102 valence electrons. The standard InChI is InChI=1S/C14H14N4O2/c15-12-5-10-7-18(3-1-14(16)19)17-13(10)6-11(12)9-2-4-20-8-9/h2,4-8H,1,3,15H2,(H2,16,19). The van der Waals surface area contributed by atoms with Crippen LogP contribution < -0.4 is 11.5 Å². The number of rotatable bonds is 4. The molecule has 0 aliphatic heterocycles. The minimum absolute atomic E-state index is 0.262. The molecule has 6 heteroatoms. The second-order valence-corrected chi connectivity index (χ2v) is 4.62. The first kappa shape index (κ1) is 12.3. The molecule has 1 aromatic carbocycles. The monoisotopic (exact) mass is 270 g/mol. The van der Waals surface area contributed by atoms with Gasteiger partial charge in [-0.25, -0.2) is 0 Å². The highest BCUT2D eigenvalue weighted by Crippen LogP contribution is 2.30. The summed E-state index contributed by atoms with van der Waals surface area (Å²) in [6.07, 6.45) is 5.36. The SMILES string of the molecule is NC(=O)CCn1cc2cc(N)c(-c3ccoc3)cc2n1. The fraction of sp³-hybridized carbons (Fsp3) is 0.143. The first-order valence-corrected chi connectivity index (χ1v) is 6.21. The maximum atomic E-state index is 10.8. The lowest BCUT2D eigenvalue weighted by atomic mass is 10.1. The van der Waals surface area contributed by atoms with E-state index in [-0.39, 0.29) is 12.3 Å². The van der Waals surface area contributed by atoms with Crippen LogP contribution >= 0.6 is 0 Å². The predicted molar refractivity (Wildman–Crippen MR) is 75.7 cm³/mol. The van der Waals surface area contributed by atoms with Gasteiger partial charge >= 0.3 is 0 Å². The molecule has 0 radical (unpaired) electrons. The number of carbonyl (C=O) groups excluding carboxylic acids is 1. The van der Waals surface area contributed by atoms with Gasteiger partial charge in [0.2, 0.25) is 5.91 Å². The summed E-state index contributed by atoms with van der Waals surface area (Å²) in [4.78, 5) is 10.8. The van der Waals surface area contributed by atoms with Crippen LogP contribution in [0.15, 0.2) is 41.3 Å². The Bertz CT molecular complexity index is 759. The Kier molecular flexibility index (Phi) is 2.90. The van der Waals surface area contributed by atoms with Crippen LogP contribution in [0.3, 0.4) is 0 Å². The van der Waals surface area contributed by atoms with Gasteiger partial charge in [0.25, 0.3) is 0 Å². The highest BCUT2D eigenvalue weighted by Gasteiger charge is 2.09. The van der Waals surface area contributed by atoms with E-state index >= 15 is 0 Å². The van der Waals surface area contributed by atoms with E-state index in [4.69, 9.17) is 15.9 Å². The number of hydrogen-bond donors (Lipinski definition) is 2. The van der Waals surface area contributed by atoms with Gasteiger partial charge in [0.05, 0.1) is 18.0 Å². The van der Waals surface area contributed by atoms with Crippen LogP contribution in [0.5, 0.6) is 0 Å². The van der Waals surface area contributed by atoms with Gasteiger partial charge in [0.15, 0.2) is 0 Å². The number of nitrogens with zero attached hydrogens (tertiary/aromatic N) is 2. The van der Waals surface area contributed by atoms with Crippen molar-refractivity contribution in [3.8, 4) is 11.1 Å². The lowest BCUT2D eigenvalue weighted by Crippen LogP contribution is -2.14. The average Bonchev–Trinajstić information content (AvgIpc) is 3.03. The summed E-state index contributed by atoms with van der Waals surface area (Å²) in [5.41, 5.74) is 14.5. The molecule has 0 aliphatic rings. The van der Waals surface area contributed by atoms with Crippen molar-refractivity contribution in [2.75, 3.05) is 5.73 Å². The molecule has 0 aliphatic carbocycles. The van der Waals surface area contributed by atoms with E-state index in [1.807, 2.05) is 24.4 Å². The molecule has 0 unspecified atom stereocenters. The van der Waals surface area contributed by atoms with Crippen LogP contribution in [-0.4, -0.2) is 15.7 Å². The number of anilines is 1. The third kappa shape index (κ3) is 2.23. The summed E-state index contributed by atoms with van der Waals surface area (Å²) < 4.78 is 6.78. The third-order valence-electron chi connectivity index (χ3n) is 3.14. The van der Waals surface area contributed by atoms with Gasteiger partial charge < -0.3 is 15.9 Å². The van der Waals surface area contributed by atoms with Crippen molar-refractivity contribution >= 4 is 22.5 Å². The van der Waals surface area contributed by atoms with E-state index in [1.54, 1.807) is 17.2 Å². The Morgan fingerprint density at radius 1 is 1.40 bits per heavy atom. The van der Waals surface area contributed by atoms with Crippen LogP contribution in [0, 0.1) is 0 Å². The van der Waals surface area contributed by atoms with Crippen molar-refractivity contribution in [2.45, 2.75) is 13.0 Å². The molecule has 4 N–H and O–H groups in total. The molecule has 0 spiro atoms. The second kappa shape index (κ2) is 4.73. The molecule has 1 amide bonds. The average molecular weight is 270 g/mol. The van der Waals surface area contributed by atoms with Crippen LogP contribution in [0.25, 0.3) is 22.0 Å². The summed E-state index contributed by atoms with van der Waals surface area (Å²) in [5.74, 6) is -0.344. The molecule has 0 saturated carbocycles. The van der Waals surface area contributed by atoms with Crippen molar-refractivity contribution < 1.29 is 9.21 Å². The van der Waals surface area contributed by atoms with Gasteiger partial charge in [0.1, 0.15) is 0 Å². The van der Waals surface area contributed by atoms with Crippen molar-refractivity contribution in [2.24, 2.45) is 5.73 Å². The molecule has 2 aromatic heterocycles. The first-order valence-electron chi connectivity index (χ1n) is 6.21. The number of carbonyl (C=O) groups is 1. The summed E-state index contributed by atoms with van der Waals surface area (Å²) >= 11 is 0. The van der Waals surface area contributed by atoms with E-state index in [1.165, 1.54) is 0 Å². The van der Waals surface area contributed by atoms with Gasteiger partial charge in [-0.05, 0) is 18.2 Å². The summed E-state index contributed by atoms with van der Waals surface area (Å²) in [5, 5.41) is 5.35. The largest absolute Gasteiger partial charge is 0.472 e. The zero-order valence-electron chi connectivity index (χ0n) is 10.7. The Balaban J connectivity index is 2.00. The number of benzene rings is 1. The number of nitrogens with two attached hydrogens (primary N) is 2. The third-order valence-corrected chi connectivity index (χ3v) is 3.14. The van der Waals surface area contributed by atoms with Gasteiger partial charge in [0, 0.05) is 41.4 Å². The van der Waals surface area contributed by atoms with Gasteiger partial charge in [-0.3, -0.25) is 9.48 Å². The van der Waals surface area contributed by atoms with Gasteiger partial charge in [-0.1, -0.05) is 0 Å². The van der Waals surface area contributed by atoms with E-state index in [0.717, 1.165) is 22.0 Å². The predicted octanol–water partition coefficient (Wildman–Crippen LogP) is 1.75. The zero-order valence-corrected chi connectivity index (χ0v) is 10.7. The molecule has 0 fully saturated rings. The zero-order chi connectivity index (χ0) is 14.1. The minimum Gasteiger partial charge on any atom is -0.472 e. The maximum Gasteiger partial charge on any atom is 0.219 e. The number of nitrogen functional groups attached to an aromatic ring is 1. The second-order valence-electron chi connectivity index (χ2n) is 4.62. The Labute approximate surface area is 115 Å². The number of primary amides is 1. The van der Waals surface area contributed by atoms with E-state index in [2.05, 4.69) is 5.10 Å². The number of hydrogen-bond acceptors (Lipinski definition) is 4. The molecule has 2 heterocycles. The summed E-state index contributed by atoms with van der Waals surface area (Å²) in [7, 11) is 0. The summed E-state index contributed by atoms with van der Waals surface area (Å²) in [6, 6.07) is 5.63. The molecule has 0 bridgehead atoms. The number of amides is 1. The number of fused-ring (bicyclic) bond motifs is 1. The number of aryl methyl sites for hydroxylation is 1. The van der Waals surface area contributed by atoms with Crippen molar-refractivity contribution in [3.05, 3.63) is 36.9 Å². The van der Waals surface area contributed by atoms with Crippen LogP contribution in [0.1, 0.15) is 6.42 Å². The van der Waals surface area contributed by atoms with Gasteiger partial charge in [-0.15, -0.1) is 0 Å². The molecule has 3 rings (SSSR count). The Morgan fingerprint density at radius 2 is 2.25 bits per heavy atom. The normalized spacial score (nSPS) is 11.0. The minimum atomic E-state index is -0.344. The topological polar surface area (TPSA) is 100 Å². The lowest BCUT2D eigenvalue weighted by Gasteiger charge is -2.02. The van der Waals surface area contributed by atoms with Crippen molar-refractivity contribution in [1.82, 2.24) is 9.78 Å². The fourth-order valence-corrected chi connectivity index (χ4v) is 2.15. The smallest absolute Gasteiger partial charge is 0.219 e. The van der Waals surface area contributed by atoms with Gasteiger partial charge in [-0.2, -0.15) is 5.10 Å². The lowest BCUT2D eigenvalue weighted by molar-refractivity contribution is -0.118. The number of furan rings is 1. The van der Waals surface area contributed by atoms with Crippen molar-refractivity contribution in [3.63, 3.8) is 0 Å². The Morgan fingerprint density at radius 3 is 2.95 bits per heavy atom. The molecule has 6 nitrogen and oxygen atoms in total. The number of aromatic nitrogens is 2. The molecular weight excluding hydrogens is 256 g/mol. The molecule has 0 saturated heterocycles. The molecular formula is C14H14N4O2. The van der Waals surface area contributed by atoms with Crippen LogP contribution in [-0.2, 0) is 11.3 Å². The van der Waals surface area contributed by atoms with Crippen molar-refractivity contribution in [1.29, 1.82) is 0 Å². The highest BCUT2D eigenvalue weighted by molar-refractivity contribution is 5.91. The van der Waals surface area contributed by atoms with E-state index in [9.17, 15) is 4.79 Å². The summed E-state index contributed by atoms with van der Waals surface area (Å²) in [6.45, 7) is 0.463. The molecule has 3 aromatic rings. The van der Waals surface area contributed by atoms with Crippen LogP contribution in [0.2, 0.25) is 0 Å². The quantitative estimate of drug-likeness (QED) is 0.705.